The molecule has 0 aliphatic carbocycles. The van der Waals surface area contributed by atoms with Crippen LogP contribution in [0.25, 0.3) is 0 Å². The number of nitrogens with zero attached hydrogens (tertiary/aromatic N) is 1. The van der Waals surface area contributed by atoms with E-state index in [9.17, 15) is 10.2 Å². The van der Waals surface area contributed by atoms with Gasteiger partial charge in [0.1, 0.15) is 12.1 Å². The van der Waals surface area contributed by atoms with Gasteiger partial charge in [-0.15, -0.1) is 0 Å². The Morgan fingerprint density at radius 1 is 0.827 bits per heavy atom. The van der Waals surface area contributed by atoms with Gasteiger partial charge in [0, 0.05) is 37.8 Å². The molecule has 5 rings (SSSR count). The van der Waals surface area contributed by atoms with Crippen molar-refractivity contribution in [2.75, 3.05) is 0 Å². The number of hydrogen-bond acceptors (Lipinski definition) is 11. The Bertz CT molecular complexity index is 1260. The largest absolute Gasteiger partial charge is 1.00 e. The zero-order valence-electron chi connectivity index (χ0n) is 31.6. The SMILES string of the molecule is BrCc1ccccc1.CC(=O)O.C[C@@H]1CC(N(Cc2ccccc2)Cc2ccccc2)C(O)[C@@H](O)O1.C[C@@H]1CC([NH3+])C(O)[C@@H](O)O1.O=CO[O-].[H-].[K+].[K+]. The number of aliphatic hydroxyl groups is 4. The van der Waals surface area contributed by atoms with E-state index in [1.165, 1.54) is 16.7 Å². The summed E-state index contributed by atoms with van der Waals surface area (Å²) in [5.74, 6) is -0.833. The average Bonchev–Trinajstić information content (AvgIpc) is 3.10. The number of ether oxygens (including phenoxy) is 2. The van der Waals surface area contributed by atoms with Crippen molar-refractivity contribution in [3.8, 4) is 0 Å². The summed E-state index contributed by atoms with van der Waals surface area (Å²) in [5, 5.41) is 55.4. The van der Waals surface area contributed by atoms with Crippen LogP contribution in [-0.4, -0.2) is 92.0 Å². The van der Waals surface area contributed by atoms with Gasteiger partial charge in [0.15, 0.2) is 18.7 Å². The third-order valence-electron chi connectivity index (χ3n) is 7.38. The number of aliphatic hydroxyl groups excluding tert-OH is 4. The maximum absolute atomic E-state index is 10.5. The van der Waals surface area contributed by atoms with Gasteiger partial charge in [-0.25, -0.2) is 0 Å². The summed E-state index contributed by atoms with van der Waals surface area (Å²) in [6.45, 7) is 6.13. The van der Waals surface area contributed by atoms with E-state index in [0.29, 0.717) is 12.8 Å². The van der Waals surface area contributed by atoms with Gasteiger partial charge in [-0.2, -0.15) is 0 Å². The van der Waals surface area contributed by atoms with E-state index in [2.05, 4.69) is 67.8 Å². The van der Waals surface area contributed by atoms with Crippen LogP contribution in [0.5, 0.6) is 0 Å². The molecule has 2 aliphatic heterocycles. The Morgan fingerprint density at radius 3 is 1.50 bits per heavy atom. The van der Waals surface area contributed by atoms with Crippen LogP contribution >= 0.6 is 15.9 Å². The van der Waals surface area contributed by atoms with E-state index in [0.717, 1.165) is 25.3 Å². The second-order valence-electron chi connectivity index (χ2n) is 11.7. The van der Waals surface area contributed by atoms with E-state index >= 15 is 0 Å². The smallest absolute Gasteiger partial charge is 1.00 e. The van der Waals surface area contributed by atoms with Crippen molar-refractivity contribution < 1.29 is 165 Å². The van der Waals surface area contributed by atoms with E-state index in [1.807, 2.05) is 68.4 Å². The summed E-state index contributed by atoms with van der Waals surface area (Å²) in [4.78, 5) is 22.5. The number of carboxylic acids is 1. The van der Waals surface area contributed by atoms with Crippen molar-refractivity contribution in [1.29, 1.82) is 0 Å². The van der Waals surface area contributed by atoms with Gasteiger partial charge in [-0.05, 0) is 37.0 Å². The van der Waals surface area contributed by atoms with Crippen LogP contribution in [0.15, 0.2) is 91.0 Å². The van der Waals surface area contributed by atoms with Gasteiger partial charge < -0.3 is 52.3 Å². The fourth-order valence-electron chi connectivity index (χ4n) is 5.07. The molecule has 8 N–H and O–H groups in total. The molecule has 280 valence electrons. The van der Waals surface area contributed by atoms with Gasteiger partial charge in [0.05, 0.1) is 12.2 Å². The summed E-state index contributed by atoms with van der Waals surface area (Å²) in [7, 11) is 0. The third-order valence-corrected chi connectivity index (χ3v) is 8.02. The molecule has 0 spiro atoms. The number of benzene rings is 3. The minimum Gasteiger partial charge on any atom is -1.00 e. The second-order valence-corrected chi connectivity index (χ2v) is 12.2. The van der Waals surface area contributed by atoms with Crippen molar-refractivity contribution in [2.45, 2.75) is 101 Å². The number of alkyl halides is 1. The number of quaternary nitrogens is 1. The molecule has 52 heavy (non-hydrogen) atoms. The molecule has 13 nitrogen and oxygen atoms in total. The average molecular weight is 847 g/mol. The van der Waals surface area contributed by atoms with Crippen LogP contribution in [-0.2, 0) is 42.4 Å². The Labute approximate surface area is 401 Å². The molecule has 0 saturated carbocycles. The molecular formula is C36H52BrK2N2O11+. The number of carbonyl (C=O) groups excluding carboxylic acids is 1. The molecule has 16 heteroatoms. The van der Waals surface area contributed by atoms with Crippen LogP contribution in [0.3, 0.4) is 0 Å². The van der Waals surface area contributed by atoms with Crippen LogP contribution in [0.1, 0.15) is 51.7 Å². The molecule has 2 aliphatic rings. The summed E-state index contributed by atoms with van der Waals surface area (Å²) in [6.07, 6.45) is -2.59. The summed E-state index contributed by atoms with van der Waals surface area (Å²) >= 11 is 3.36. The number of carbonyl (C=O) groups is 2. The number of carboxylic acid groups (broad SMARTS) is 1. The van der Waals surface area contributed by atoms with E-state index < -0.39 is 30.8 Å². The molecule has 2 heterocycles. The van der Waals surface area contributed by atoms with Crippen molar-refractivity contribution in [3.05, 3.63) is 108 Å². The van der Waals surface area contributed by atoms with Crippen molar-refractivity contribution >= 4 is 28.4 Å². The number of aliphatic carboxylic acids is 1. The maximum Gasteiger partial charge on any atom is 1.00 e. The van der Waals surface area contributed by atoms with Gasteiger partial charge in [0.2, 0.25) is 0 Å². The molecule has 8 atom stereocenters. The molecule has 3 aromatic carbocycles. The van der Waals surface area contributed by atoms with Crippen molar-refractivity contribution in [2.24, 2.45) is 0 Å². The Morgan fingerprint density at radius 2 is 1.17 bits per heavy atom. The molecule has 0 aromatic heterocycles. The first-order chi connectivity index (χ1) is 23.8. The Kier molecular flexibility index (Phi) is 33.4. The van der Waals surface area contributed by atoms with Gasteiger partial charge in [-0.3, -0.25) is 14.5 Å². The fraction of sp³-hybridized carbons (Fsp3) is 0.444. The van der Waals surface area contributed by atoms with Crippen LogP contribution in [0.2, 0.25) is 0 Å². The van der Waals surface area contributed by atoms with Gasteiger partial charge in [0.25, 0.3) is 12.4 Å². The molecular weight excluding hydrogens is 794 g/mol. The number of halogens is 1. The summed E-state index contributed by atoms with van der Waals surface area (Å²) in [5.41, 5.74) is 7.39. The first-order valence-corrected chi connectivity index (χ1v) is 17.1. The van der Waals surface area contributed by atoms with E-state index in [4.69, 9.17) is 39.6 Å². The number of rotatable bonds is 7. The summed E-state index contributed by atoms with van der Waals surface area (Å²) < 4.78 is 10.3. The van der Waals surface area contributed by atoms with Crippen molar-refractivity contribution in [3.63, 3.8) is 0 Å². The summed E-state index contributed by atoms with van der Waals surface area (Å²) in [6, 6.07) is 30.5. The van der Waals surface area contributed by atoms with Gasteiger partial charge >= 0.3 is 103 Å². The van der Waals surface area contributed by atoms with E-state index in [-0.39, 0.29) is 135 Å². The zero-order valence-corrected chi connectivity index (χ0v) is 38.4. The zero-order chi connectivity index (χ0) is 37.5. The monoisotopic (exact) mass is 845 g/mol. The molecule has 0 radical (unpaired) electrons. The normalized spacial score (nSPS) is 24.4. The van der Waals surface area contributed by atoms with Crippen LogP contribution < -0.4 is 114 Å². The predicted octanol–water partition coefficient (Wildman–Crippen LogP) is -4.14. The Hall–Kier alpha value is -0.00727. The van der Waals surface area contributed by atoms with Gasteiger partial charge in [-0.1, -0.05) is 107 Å². The van der Waals surface area contributed by atoms with Crippen LogP contribution in [0, 0.1) is 0 Å². The van der Waals surface area contributed by atoms with E-state index in [1.54, 1.807) is 0 Å². The minimum absolute atomic E-state index is 0. The molecule has 2 saturated heterocycles. The topological polar surface area (TPSA) is 217 Å². The van der Waals surface area contributed by atoms with Crippen LogP contribution in [0.4, 0.5) is 0 Å². The second kappa shape index (κ2) is 32.1. The quantitative estimate of drug-likeness (QED) is 0.0440. The van der Waals surface area contributed by atoms with Crippen molar-refractivity contribution in [1.82, 2.24) is 4.90 Å². The fourth-order valence-corrected chi connectivity index (χ4v) is 5.45. The third kappa shape index (κ3) is 23.8. The first kappa shape index (κ1) is 54.1. The molecule has 0 amide bonds. The predicted molar refractivity (Wildman–Crippen MR) is 188 cm³/mol. The molecule has 4 unspecified atom stereocenters. The standard InChI is InChI=1S/C20H25NO3.C7H7Br.C6H13NO3.C2H4O2.CH2O3.2K.H/c1-15-12-18(19(22)20(23)24-15)21(13-16-8-4-2-5-9-16)14-17-10-6-3-7-11-17;8-6-7-4-2-1-3-5-7;1-3-2-4(7)5(8)6(9)10-3;1-2(3)4;2-1-4-3;;;/h2-11,15,18-20,22-23H,12-14H2,1H3;1-5H,6H2;3-6,8-9H,2,7H2,1H3;1H3,(H,3,4);1,3H;;;/q;;;;;2*+1;-1/t15-,18?,19?,20+;;3-,4?,5?,6+;;;;;/m1.1...../s1. The maximum atomic E-state index is 10.5. The molecule has 2 fully saturated rings. The minimum atomic E-state index is -1.13. The Balaban J connectivity index is -0.000000715. The molecule has 3 aromatic rings. The number of hydrogen-bond donors (Lipinski definition) is 6. The first-order valence-electron chi connectivity index (χ1n) is 16.0. The molecule has 0 bridgehead atoms.